The van der Waals surface area contributed by atoms with Crippen molar-refractivity contribution in [2.45, 2.75) is 19.4 Å². The van der Waals surface area contributed by atoms with Gasteiger partial charge in [-0.25, -0.2) is 4.39 Å². The van der Waals surface area contributed by atoms with E-state index in [1.165, 1.54) is 12.1 Å². The van der Waals surface area contributed by atoms with Crippen LogP contribution in [-0.4, -0.2) is 10.7 Å². The highest BCUT2D eigenvalue weighted by Gasteiger charge is 2.30. The van der Waals surface area contributed by atoms with Gasteiger partial charge in [-0.15, -0.1) is 0 Å². The molecule has 3 aromatic carbocycles. The summed E-state index contributed by atoms with van der Waals surface area (Å²) in [4.78, 5) is 0. The van der Waals surface area contributed by atoms with E-state index in [1.807, 2.05) is 38.1 Å². The van der Waals surface area contributed by atoms with Crippen LogP contribution in [0.3, 0.4) is 0 Å². The van der Waals surface area contributed by atoms with E-state index in [1.54, 1.807) is 30.3 Å². The van der Waals surface area contributed by atoms with Gasteiger partial charge in [-0.05, 0) is 73.0 Å². The molecule has 0 bridgehead atoms. The monoisotopic (exact) mass is 380 g/mol. The molecule has 0 aromatic heterocycles. The molecule has 0 saturated heterocycles. The maximum Gasteiger partial charge on any atom is 0.136 e. The molecule has 27 heavy (non-hydrogen) atoms. The number of hydrogen-bond acceptors (Lipinski definition) is 2. The maximum absolute atomic E-state index is 13.4. The lowest BCUT2D eigenvalue weighted by Crippen LogP contribution is -2.29. The molecular weight excluding hydrogens is 363 g/mol. The molecule has 0 amide bonds. The van der Waals surface area contributed by atoms with E-state index in [-0.39, 0.29) is 11.6 Å². The van der Waals surface area contributed by atoms with Gasteiger partial charge in [0.2, 0.25) is 0 Å². The molecular formula is C23H18ClFO2. The number of fused-ring (bicyclic) bond motifs is 1. The molecule has 1 N–H and O–H groups in total. The number of halogens is 2. The largest absolute Gasteiger partial charge is 0.508 e. The van der Waals surface area contributed by atoms with Crippen LogP contribution in [0.5, 0.6) is 11.5 Å². The number of rotatable bonds is 2. The van der Waals surface area contributed by atoms with Crippen molar-refractivity contribution in [1.82, 2.24) is 0 Å². The molecule has 0 fully saturated rings. The van der Waals surface area contributed by atoms with Gasteiger partial charge >= 0.3 is 0 Å². The zero-order valence-electron chi connectivity index (χ0n) is 15.0. The Morgan fingerprint density at radius 1 is 0.926 bits per heavy atom. The fraction of sp³-hybridized carbons (Fsp3) is 0.130. The van der Waals surface area contributed by atoms with Crippen LogP contribution in [0.1, 0.15) is 25.0 Å². The van der Waals surface area contributed by atoms with E-state index in [0.717, 1.165) is 27.8 Å². The number of ether oxygens (including phenoxy) is 1. The van der Waals surface area contributed by atoms with Crippen molar-refractivity contribution in [1.29, 1.82) is 0 Å². The first-order valence-electron chi connectivity index (χ1n) is 8.63. The van der Waals surface area contributed by atoms with Gasteiger partial charge < -0.3 is 9.84 Å². The third-order valence-corrected chi connectivity index (χ3v) is 4.73. The van der Waals surface area contributed by atoms with Crippen molar-refractivity contribution in [2.24, 2.45) is 0 Å². The van der Waals surface area contributed by atoms with Gasteiger partial charge in [-0.3, -0.25) is 0 Å². The van der Waals surface area contributed by atoms with E-state index >= 15 is 0 Å². The van der Waals surface area contributed by atoms with Crippen LogP contribution < -0.4 is 4.74 Å². The van der Waals surface area contributed by atoms with Crippen molar-refractivity contribution in [2.75, 3.05) is 0 Å². The van der Waals surface area contributed by atoms with E-state index < -0.39 is 5.60 Å². The molecule has 2 nitrogen and oxygen atoms in total. The minimum absolute atomic E-state index is 0.172. The van der Waals surface area contributed by atoms with Gasteiger partial charge in [-0.2, -0.15) is 0 Å². The van der Waals surface area contributed by atoms with Crippen LogP contribution in [0.2, 0.25) is 5.02 Å². The first kappa shape index (κ1) is 17.6. The van der Waals surface area contributed by atoms with Gasteiger partial charge in [-0.1, -0.05) is 35.9 Å². The van der Waals surface area contributed by atoms with E-state index in [4.69, 9.17) is 16.3 Å². The number of phenolic OH excluding ortho intramolecular Hbond substituents is 1. The average Bonchev–Trinajstić information content (AvgIpc) is 2.61. The first-order valence-corrected chi connectivity index (χ1v) is 9.01. The average molecular weight is 381 g/mol. The number of hydrogen-bond donors (Lipinski definition) is 1. The minimum atomic E-state index is -0.559. The highest BCUT2D eigenvalue weighted by atomic mass is 35.5. The molecule has 1 aliphatic heterocycles. The lowest BCUT2D eigenvalue weighted by atomic mass is 9.87. The van der Waals surface area contributed by atoms with Crippen molar-refractivity contribution >= 4 is 17.2 Å². The van der Waals surface area contributed by atoms with Crippen LogP contribution in [0, 0.1) is 5.82 Å². The van der Waals surface area contributed by atoms with Gasteiger partial charge in [0.15, 0.2) is 0 Å². The van der Waals surface area contributed by atoms with Gasteiger partial charge in [0, 0.05) is 16.1 Å². The smallest absolute Gasteiger partial charge is 0.136 e. The second kappa shape index (κ2) is 6.43. The summed E-state index contributed by atoms with van der Waals surface area (Å²) in [5.41, 5.74) is 3.71. The van der Waals surface area contributed by atoms with Crippen molar-refractivity contribution in [3.8, 4) is 22.6 Å². The van der Waals surface area contributed by atoms with Crippen molar-refractivity contribution in [3.05, 3.63) is 88.7 Å². The van der Waals surface area contributed by atoms with Gasteiger partial charge in [0.25, 0.3) is 0 Å². The lowest BCUT2D eigenvalue weighted by molar-refractivity contribution is 0.159. The van der Waals surface area contributed by atoms with Crippen LogP contribution in [0.4, 0.5) is 4.39 Å². The fourth-order valence-electron chi connectivity index (χ4n) is 3.38. The first-order chi connectivity index (χ1) is 12.8. The van der Waals surface area contributed by atoms with Gasteiger partial charge in [0.1, 0.15) is 22.9 Å². The van der Waals surface area contributed by atoms with Crippen LogP contribution in [0.25, 0.3) is 16.7 Å². The predicted octanol–water partition coefficient (Wildman–Crippen LogP) is 6.45. The van der Waals surface area contributed by atoms with Crippen molar-refractivity contribution in [3.63, 3.8) is 0 Å². The maximum atomic E-state index is 13.4. The molecule has 0 unspecified atom stereocenters. The molecule has 1 heterocycles. The summed E-state index contributed by atoms with van der Waals surface area (Å²) in [5.74, 6) is 0.583. The summed E-state index contributed by atoms with van der Waals surface area (Å²) in [6, 6.07) is 17.1. The lowest BCUT2D eigenvalue weighted by Gasteiger charge is -2.33. The normalized spacial score (nSPS) is 14.9. The molecule has 0 aliphatic carbocycles. The second-order valence-corrected chi connectivity index (χ2v) is 7.59. The molecule has 136 valence electrons. The molecule has 0 saturated carbocycles. The number of benzene rings is 3. The highest BCUT2D eigenvalue weighted by molar-refractivity contribution is 6.31. The second-order valence-electron chi connectivity index (χ2n) is 7.15. The molecule has 1 aliphatic rings. The SMILES string of the molecule is CC1(C)C=C(c2ccc(F)cc2)c2cc(Cl)cc(-c3cccc(O)c3)c2O1. The van der Waals surface area contributed by atoms with E-state index in [2.05, 4.69) is 0 Å². The molecule has 0 radical (unpaired) electrons. The van der Waals surface area contributed by atoms with E-state index in [9.17, 15) is 9.50 Å². The third kappa shape index (κ3) is 3.43. The van der Waals surface area contributed by atoms with Gasteiger partial charge in [0.05, 0.1) is 0 Å². The Balaban J connectivity index is 1.97. The fourth-order valence-corrected chi connectivity index (χ4v) is 3.60. The third-order valence-electron chi connectivity index (χ3n) is 4.51. The summed E-state index contributed by atoms with van der Waals surface area (Å²) in [5, 5.41) is 10.4. The Bertz CT molecular complexity index is 1050. The predicted molar refractivity (Wildman–Crippen MR) is 107 cm³/mol. The number of phenols is 1. The van der Waals surface area contributed by atoms with Crippen LogP contribution in [-0.2, 0) is 0 Å². The Hall–Kier alpha value is -2.78. The van der Waals surface area contributed by atoms with Crippen LogP contribution in [0.15, 0.2) is 66.7 Å². The Morgan fingerprint density at radius 2 is 1.63 bits per heavy atom. The summed E-state index contributed by atoms with van der Waals surface area (Å²) in [7, 11) is 0. The quantitative estimate of drug-likeness (QED) is 0.553. The molecule has 3 aromatic rings. The standard InChI is InChI=1S/C23H18ClFO2/c1-23(2)13-21(14-6-8-17(25)9-7-14)20-12-16(24)11-19(22(20)27-23)15-4-3-5-18(26)10-15/h3-13,26H,1-2H3. The Labute approximate surface area is 162 Å². The minimum Gasteiger partial charge on any atom is -0.508 e. The molecule has 0 atom stereocenters. The summed E-state index contributed by atoms with van der Waals surface area (Å²) in [6.45, 7) is 3.95. The zero-order chi connectivity index (χ0) is 19.2. The highest BCUT2D eigenvalue weighted by Crippen LogP contribution is 2.46. The Kier molecular flexibility index (Phi) is 4.20. The number of aromatic hydroxyl groups is 1. The van der Waals surface area contributed by atoms with E-state index in [0.29, 0.717) is 10.8 Å². The van der Waals surface area contributed by atoms with Crippen LogP contribution >= 0.6 is 11.6 Å². The molecule has 0 spiro atoms. The Morgan fingerprint density at radius 3 is 2.33 bits per heavy atom. The van der Waals surface area contributed by atoms with Crippen molar-refractivity contribution < 1.29 is 14.2 Å². The molecule has 4 heteroatoms. The topological polar surface area (TPSA) is 29.5 Å². The summed E-state index contributed by atoms with van der Waals surface area (Å²) < 4.78 is 19.7. The zero-order valence-corrected chi connectivity index (χ0v) is 15.7. The molecule has 4 rings (SSSR count). The summed E-state index contributed by atoms with van der Waals surface area (Å²) in [6.07, 6.45) is 2.02. The summed E-state index contributed by atoms with van der Waals surface area (Å²) >= 11 is 6.42.